The van der Waals surface area contributed by atoms with Crippen LogP contribution in [0.3, 0.4) is 0 Å². The zero-order valence-electron chi connectivity index (χ0n) is 11.8. The maximum absolute atomic E-state index is 12.8. The molecule has 2 aliphatic rings. The van der Waals surface area contributed by atoms with E-state index in [1.165, 1.54) is 0 Å². The van der Waals surface area contributed by atoms with Crippen molar-refractivity contribution in [2.45, 2.75) is 75.2 Å². The highest BCUT2D eigenvalue weighted by molar-refractivity contribution is 7.92. The van der Waals surface area contributed by atoms with Gasteiger partial charge in [-0.15, -0.1) is 0 Å². The fourth-order valence-electron chi connectivity index (χ4n) is 3.86. The molecule has 3 unspecified atom stereocenters. The van der Waals surface area contributed by atoms with Gasteiger partial charge in [-0.25, -0.2) is 8.42 Å². The van der Waals surface area contributed by atoms with Crippen LogP contribution in [0.25, 0.3) is 0 Å². The number of nitriles is 1. The summed E-state index contributed by atoms with van der Waals surface area (Å²) in [5, 5.41) is 8.73. The van der Waals surface area contributed by atoms with E-state index in [4.69, 9.17) is 0 Å². The molecular formula is C15H25NO2S. The van der Waals surface area contributed by atoms with Crippen molar-refractivity contribution in [2.24, 2.45) is 11.8 Å². The third-order valence-electron chi connectivity index (χ3n) is 4.95. The molecule has 0 aromatic rings. The zero-order valence-corrected chi connectivity index (χ0v) is 12.7. The van der Waals surface area contributed by atoms with Gasteiger partial charge < -0.3 is 0 Å². The molecule has 108 valence electrons. The Morgan fingerprint density at radius 3 is 2.42 bits per heavy atom. The molecule has 2 aliphatic carbocycles. The van der Waals surface area contributed by atoms with Crippen LogP contribution in [-0.4, -0.2) is 18.9 Å². The second kappa shape index (κ2) is 6.26. The first-order valence-electron chi connectivity index (χ1n) is 7.72. The minimum Gasteiger partial charge on any atom is -0.228 e. The van der Waals surface area contributed by atoms with Crippen molar-refractivity contribution in [3.05, 3.63) is 0 Å². The minimum atomic E-state index is -3.10. The molecule has 2 fully saturated rings. The Balaban J connectivity index is 2.15. The van der Waals surface area contributed by atoms with Gasteiger partial charge in [0.15, 0.2) is 9.84 Å². The van der Waals surface area contributed by atoms with Crippen molar-refractivity contribution in [1.82, 2.24) is 0 Å². The molecule has 3 nitrogen and oxygen atoms in total. The molecule has 19 heavy (non-hydrogen) atoms. The first kappa shape index (κ1) is 14.8. The molecule has 0 spiro atoms. The minimum absolute atomic E-state index is 0.159. The van der Waals surface area contributed by atoms with Gasteiger partial charge in [-0.2, -0.15) is 5.26 Å². The van der Waals surface area contributed by atoms with Crippen LogP contribution in [0, 0.1) is 23.2 Å². The molecule has 0 amide bonds. The van der Waals surface area contributed by atoms with Gasteiger partial charge in [0, 0.05) is 0 Å². The number of nitrogens with zero attached hydrogens (tertiary/aromatic N) is 1. The Kier molecular flexibility index (Phi) is 4.89. The van der Waals surface area contributed by atoms with Crippen molar-refractivity contribution in [1.29, 1.82) is 5.26 Å². The summed E-state index contributed by atoms with van der Waals surface area (Å²) in [6.45, 7) is 2.15. The van der Waals surface area contributed by atoms with Crippen LogP contribution in [0.15, 0.2) is 0 Å². The molecular weight excluding hydrogens is 258 g/mol. The van der Waals surface area contributed by atoms with Crippen molar-refractivity contribution in [3.8, 4) is 6.07 Å². The second-order valence-corrected chi connectivity index (χ2v) is 8.69. The second-order valence-electron chi connectivity index (χ2n) is 6.24. The molecule has 4 heteroatoms. The van der Waals surface area contributed by atoms with Gasteiger partial charge in [0.25, 0.3) is 0 Å². The monoisotopic (exact) mass is 283 g/mol. The molecule has 0 N–H and O–H groups in total. The summed E-state index contributed by atoms with van der Waals surface area (Å²) in [5.74, 6) is 0.245. The van der Waals surface area contributed by atoms with E-state index in [0.29, 0.717) is 5.92 Å². The largest absolute Gasteiger partial charge is 0.228 e. The summed E-state index contributed by atoms with van der Waals surface area (Å²) < 4.78 is 25.5. The van der Waals surface area contributed by atoms with E-state index in [9.17, 15) is 13.7 Å². The molecule has 0 aromatic heterocycles. The Morgan fingerprint density at radius 1 is 1.16 bits per heavy atom. The fourth-order valence-corrected chi connectivity index (χ4v) is 6.54. The standard InChI is InChI=1S/C15H25NO2S/c1-2-5-12-8-9-13(11-16)15(10-12)19(17,18)14-6-3-4-7-14/h12-15H,2-10H2,1H3. The number of sulfone groups is 1. The van der Waals surface area contributed by atoms with Crippen LogP contribution in [0.4, 0.5) is 0 Å². The fraction of sp³-hybridized carbons (Fsp3) is 0.933. The molecule has 2 rings (SSSR count). The average Bonchev–Trinajstić information content (AvgIpc) is 2.93. The van der Waals surface area contributed by atoms with Crippen molar-refractivity contribution in [2.75, 3.05) is 0 Å². The van der Waals surface area contributed by atoms with Crippen molar-refractivity contribution >= 4 is 9.84 Å². The number of hydrogen-bond donors (Lipinski definition) is 0. The molecule has 0 heterocycles. The lowest BCUT2D eigenvalue weighted by Gasteiger charge is -2.33. The predicted octanol–water partition coefficient (Wildman–Crippen LogP) is 3.45. The maximum atomic E-state index is 12.8. The maximum Gasteiger partial charge on any atom is 0.157 e. The Bertz CT molecular complexity index is 432. The van der Waals surface area contributed by atoms with Gasteiger partial charge in [0.05, 0.1) is 22.5 Å². The van der Waals surface area contributed by atoms with Gasteiger partial charge in [-0.3, -0.25) is 0 Å². The van der Waals surface area contributed by atoms with Crippen LogP contribution >= 0.6 is 0 Å². The summed E-state index contributed by atoms with van der Waals surface area (Å²) in [4.78, 5) is 0. The van der Waals surface area contributed by atoms with E-state index >= 15 is 0 Å². The van der Waals surface area contributed by atoms with Gasteiger partial charge in [0.1, 0.15) is 0 Å². The van der Waals surface area contributed by atoms with Crippen LogP contribution in [0.1, 0.15) is 64.7 Å². The van der Waals surface area contributed by atoms with Gasteiger partial charge >= 0.3 is 0 Å². The molecule has 0 saturated heterocycles. The normalized spacial score (nSPS) is 33.2. The molecule has 0 aliphatic heterocycles. The van der Waals surface area contributed by atoms with E-state index < -0.39 is 9.84 Å². The number of hydrogen-bond acceptors (Lipinski definition) is 3. The van der Waals surface area contributed by atoms with Gasteiger partial charge in [-0.1, -0.05) is 32.6 Å². The molecule has 0 bridgehead atoms. The van der Waals surface area contributed by atoms with Crippen LogP contribution in [-0.2, 0) is 9.84 Å². The van der Waals surface area contributed by atoms with Crippen molar-refractivity contribution in [3.63, 3.8) is 0 Å². The lowest BCUT2D eigenvalue weighted by atomic mass is 9.80. The summed E-state index contributed by atoms with van der Waals surface area (Å²) in [5.41, 5.74) is 0. The summed E-state index contributed by atoms with van der Waals surface area (Å²) in [7, 11) is -3.10. The Labute approximate surface area is 117 Å². The Morgan fingerprint density at radius 2 is 1.84 bits per heavy atom. The van der Waals surface area contributed by atoms with Crippen LogP contribution in [0.2, 0.25) is 0 Å². The van der Waals surface area contributed by atoms with Crippen LogP contribution in [0.5, 0.6) is 0 Å². The lowest BCUT2D eigenvalue weighted by molar-refractivity contribution is 0.297. The Hall–Kier alpha value is -0.560. The number of rotatable bonds is 4. The third kappa shape index (κ3) is 3.13. The predicted molar refractivity (Wildman–Crippen MR) is 76.3 cm³/mol. The SMILES string of the molecule is CCCC1CCC(C#N)C(S(=O)(=O)C2CCCC2)C1. The molecule has 3 atom stereocenters. The lowest BCUT2D eigenvalue weighted by Crippen LogP contribution is -2.40. The first-order valence-corrected chi connectivity index (χ1v) is 9.32. The van der Waals surface area contributed by atoms with E-state index in [0.717, 1.165) is 57.8 Å². The van der Waals surface area contributed by atoms with E-state index in [1.807, 2.05) is 0 Å². The molecule has 0 aromatic carbocycles. The smallest absolute Gasteiger partial charge is 0.157 e. The summed E-state index contributed by atoms with van der Waals surface area (Å²) in [6.07, 6.45) is 8.45. The molecule has 0 radical (unpaired) electrons. The molecule has 2 saturated carbocycles. The van der Waals surface area contributed by atoms with Gasteiger partial charge in [0.2, 0.25) is 0 Å². The van der Waals surface area contributed by atoms with E-state index in [1.54, 1.807) is 0 Å². The average molecular weight is 283 g/mol. The van der Waals surface area contributed by atoms with Gasteiger partial charge in [-0.05, 0) is 38.0 Å². The highest BCUT2D eigenvalue weighted by Gasteiger charge is 2.43. The van der Waals surface area contributed by atoms with E-state index in [2.05, 4.69) is 13.0 Å². The quantitative estimate of drug-likeness (QED) is 0.794. The zero-order chi connectivity index (χ0) is 13.9. The third-order valence-corrected chi connectivity index (χ3v) is 7.72. The summed E-state index contributed by atoms with van der Waals surface area (Å²) >= 11 is 0. The highest BCUT2D eigenvalue weighted by Crippen LogP contribution is 2.39. The first-order chi connectivity index (χ1) is 9.09. The van der Waals surface area contributed by atoms with E-state index in [-0.39, 0.29) is 16.4 Å². The summed E-state index contributed by atoms with van der Waals surface area (Å²) in [6, 6.07) is 2.27. The topological polar surface area (TPSA) is 57.9 Å². The highest BCUT2D eigenvalue weighted by atomic mass is 32.2. The van der Waals surface area contributed by atoms with Crippen LogP contribution < -0.4 is 0 Å². The van der Waals surface area contributed by atoms with Crippen molar-refractivity contribution < 1.29 is 8.42 Å².